The zero-order valence-electron chi connectivity index (χ0n) is 8.13. The molecule has 1 rings (SSSR count). The standard InChI is InChI=1S/C9H18N2O/c1-7-4-5-10-6-8(7)9(12)11(2)3/h7-8,10H,4-6H2,1-3H3/t7-,8+/m0/s1. The molecule has 1 fully saturated rings. The fourth-order valence-corrected chi connectivity index (χ4v) is 1.65. The van der Waals surface area contributed by atoms with E-state index < -0.39 is 0 Å². The van der Waals surface area contributed by atoms with Crippen LogP contribution in [0.3, 0.4) is 0 Å². The monoisotopic (exact) mass is 170 g/mol. The van der Waals surface area contributed by atoms with Gasteiger partial charge in [-0.3, -0.25) is 4.79 Å². The number of hydrogen-bond donors (Lipinski definition) is 1. The SMILES string of the molecule is C[C@H]1CCNC[C@H]1C(=O)N(C)C. The van der Waals surface area contributed by atoms with Crippen LogP contribution < -0.4 is 5.32 Å². The number of amides is 1. The van der Waals surface area contributed by atoms with Gasteiger partial charge in [0.1, 0.15) is 0 Å². The molecule has 0 spiro atoms. The molecular formula is C9H18N2O. The maximum atomic E-state index is 11.6. The minimum atomic E-state index is 0.189. The summed E-state index contributed by atoms with van der Waals surface area (Å²) >= 11 is 0. The number of rotatable bonds is 1. The second kappa shape index (κ2) is 3.90. The minimum Gasteiger partial charge on any atom is -0.349 e. The van der Waals surface area contributed by atoms with Crippen LogP contribution in [0.5, 0.6) is 0 Å². The summed E-state index contributed by atoms with van der Waals surface area (Å²) in [7, 11) is 3.65. The first-order valence-electron chi connectivity index (χ1n) is 4.55. The summed E-state index contributed by atoms with van der Waals surface area (Å²) in [6, 6.07) is 0. The highest BCUT2D eigenvalue weighted by atomic mass is 16.2. The van der Waals surface area contributed by atoms with Crippen LogP contribution >= 0.6 is 0 Å². The van der Waals surface area contributed by atoms with E-state index in [9.17, 15) is 4.79 Å². The van der Waals surface area contributed by atoms with Gasteiger partial charge in [-0.1, -0.05) is 6.92 Å². The molecule has 0 aromatic rings. The maximum Gasteiger partial charge on any atom is 0.226 e. The fourth-order valence-electron chi connectivity index (χ4n) is 1.65. The molecular weight excluding hydrogens is 152 g/mol. The topological polar surface area (TPSA) is 32.3 Å². The van der Waals surface area contributed by atoms with Gasteiger partial charge in [0, 0.05) is 20.6 Å². The van der Waals surface area contributed by atoms with Gasteiger partial charge in [0.05, 0.1) is 5.92 Å². The molecule has 0 bridgehead atoms. The molecule has 0 aromatic carbocycles. The lowest BCUT2D eigenvalue weighted by molar-refractivity contribution is -0.135. The van der Waals surface area contributed by atoms with Crippen molar-refractivity contribution in [3.05, 3.63) is 0 Å². The number of carbonyl (C=O) groups is 1. The summed E-state index contributed by atoms with van der Waals surface area (Å²) in [5, 5.41) is 3.25. The normalized spacial score (nSPS) is 29.9. The Morgan fingerprint density at radius 2 is 2.17 bits per heavy atom. The van der Waals surface area contributed by atoms with Crippen molar-refractivity contribution in [2.75, 3.05) is 27.2 Å². The maximum absolute atomic E-state index is 11.6. The molecule has 1 saturated heterocycles. The molecule has 0 saturated carbocycles. The Bertz CT molecular complexity index is 168. The van der Waals surface area contributed by atoms with E-state index in [1.807, 2.05) is 14.1 Å². The second-order valence-electron chi connectivity index (χ2n) is 3.81. The molecule has 0 aliphatic carbocycles. The van der Waals surface area contributed by atoms with Crippen LogP contribution in [0, 0.1) is 11.8 Å². The van der Waals surface area contributed by atoms with Crippen molar-refractivity contribution in [1.29, 1.82) is 0 Å². The summed E-state index contributed by atoms with van der Waals surface area (Å²) in [5.74, 6) is 0.976. The van der Waals surface area contributed by atoms with Gasteiger partial charge in [0.15, 0.2) is 0 Å². The lowest BCUT2D eigenvalue weighted by atomic mass is 9.87. The van der Waals surface area contributed by atoms with Gasteiger partial charge in [-0.15, -0.1) is 0 Å². The van der Waals surface area contributed by atoms with E-state index >= 15 is 0 Å². The van der Waals surface area contributed by atoms with Gasteiger partial charge in [0.25, 0.3) is 0 Å². The molecule has 3 heteroatoms. The summed E-state index contributed by atoms with van der Waals surface area (Å²) in [6.07, 6.45) is 1.12. The molecule has 12 heavy (non-hydrogen) atoms. The first kappa shape index (κ1) is 9.52. The summed E-state index contributed by atoms with van der Waals surface area (Å²) in [4.78, 5) is 13.3. The van der Waals surface area contributed by atoms with Crippen LogP contribution in [0.4, 0.5) is 0 Å². The van der Waals surface area contributed by atoms with Crippen molar-refractivity contribution >= 4 is 5.91 Å². The van der Waals surface area contributed by atoms with Crippen LogP contribution in [0.15, 0.2) is 0 Å². The van der Waals surface area contributed by atoms with Crippen molar-refractivity contribution in [3.63, 3.8) is 0 Å². The molecule has 1 N–H and O–H groups in total. The van der Waals surface area contributed by atoms with Crippen LogP contribution in [0.25, 0.3) is 0 Å². The quantitative estimate of drug-likeness (QED) is 0.614. The second-order valence-corrected chi connectivity index (χ2v) is 3.81. The number of nitrogens with one attached hydrogen (secondary N) is 1. The lowest BCUT2D eigenvalue weighted by Crippen LogP contribution is -2.44. The highest BCUT2D eigenvalue weighted by Gasteiger charge is 2.28. The van der Waals surface area contributed by atoms with E-state index in [2.05, 4.69) is 12.2 Å². The van der Waals surface area contributed by atoms with E-state index in [1.165, 1.54) is 0 Å². The fraction of sp³-hybridized carbons (Fsp3) is 0.889. The minimum absolute atomic E-state index is 0.189. The summed E-state index contributed by atoms with van der Waals surface area (Å²) in [5.41, 5.74) is 0. The van der Waals surface area contributed by atoms with E-state index in [4.69, 9.17) is 0 Å². The summed E-state index contributed by atoms with van der Waals surface area (Å²) in [6.45, 7) is 4.06. The summed E-state index contributed by atoms with van der Waals surface area (Å²) < 4.78 is 0. The van der Waals surface area contributed by atoms with Gasteiger partial charge in [0.2, 0.25) is 5.91 Å². The molecule has 3 nitrogen and oxygen atoms in total. The average Bonchev–Trinajstić information content (AvgIpc) is 2.04. The van der Waals surface area contributed by atoms with Gasteiger partial charge >= 0.3 is 0 Å². The van der Waals surface area contributed by atoms with Crippen LogP contribution in [-0.2, 0) is 4.79 Å². The first-order chi connectivity index (χ1) is 5.63. The molecule has 1 heterocycles. The van der Waals surface area contributed by atoms with Gasteiger partial charge < -0.3 is 10.2 Å². The smallest absolute Gasteiger partial charge is 0.226 e. The van der Waals surface area contributed by atoms with E-state index in [1.54, 1.807) is 4.90 Å². The predicted octanol–water partition coefficient (Wildman–Crippen LogP) is 0.320. The molecule has 0 aromatic heterocycles. The Balaban J connectivity index is 2.53. The third-order valence-electron chi connectivity index (χ3n) is 2.59. The third kappa shape index (κ3) is 1.97. The highest BCUT2D eigenvalue weighted by Crippen LogP contribution is 2.19. The molecule has 1 aliphatic rings. The number of piperidine rings is 1. The van der Waals surface area contributed by atoms with Gasteiger partial charge in [-0.25, -0.2) is 0 Å². The molecule has 0 radical (unpaired) electrons. The van der Waals surface area contributed by atoms with Crippen molar-refractivity contribution < 1.29 is 4.79 Å². The Morgan fingerprint density at radius 1 is 1.50 bits per heavy atom. The molecule has 2 atom stereocenters. The predicted molar refractivity (Wildman–Crippen MR) is 48.8 cm³/mol. The van der Waals surface area contributed by atoms with Crippen LogP contribution in [-0.4, -0.2) is 38.0 Å². The number of hydrogen-bond acceptors (Lipinski definition) is 2. The lowest BCUT2D eigenvalue weighted by Gasteiger charge is -2.30. The largest absolute Gasteiger partial charge is 0.349 e. The number of carbonyl (C=O) groups excluding carboxylic acids is 1. The first-order valence-corrected chi connectivity index (χ1v) is 4.55. The molecule has 0 unspecified atom stereocenters. The van der Waals surface area contributed by atoms with Crippen molar-refractivity contribution in [2.24, 2.45) is 11.8 Å². The van der Waals surface area contributed by atoms with Crippen molar-refractivity contribution in [2.45, 2.75) is 13.3 Å². The van der Waals surface area contributed by atoms with Gasteiger partial charge in [-0.05, 0) is 18.9 Å². The Morgan fingerprint density at radius 3 is 2.67 bits per heavy atom. The average molecular weight is 170 g/mol. The van der Waals surface area contributed by atoms with Crippen molar-refractivity contribution in [1.82, 2.24) is 10.2 Å². The Labute approximate surface area is 74.1 Å². The zero-order valence-corrected chi connectivity index (χ0v) is 8.13. The zero-order chi connectivity index (χ0) is 9.14. The number of nitrogens with zero attached hydrogens (tertiary/aromatic N) is 1. The van der Waals surface area contributed by atoms with Crippen molar-refractivity contribution in [3.8, 4) is 0 Å². The van der Waals surface area contributed by atoms with E-state index in [0.717, 1.165) is 19.5 Å². The Hall–Kier alpha value is -0.570. The van der Waals surface area contributed by atoms with E-state index in [0.29, 0.717) is 5.92 Å². The Kier molecular flexibility index (Phi) is 3.09. The van der Waals surface area contributed by atoms with E-state index in [-0.39, 0.29) is 11.8 Å². The molecule has 1 amide bonds. The highest BCUT2D eigenvalue weighted by molar-refractivity contribution is 5.78. The third-order valence-corrected chi connectivity index (χ3v) is 2.59. The molecule has 1 aliphatic heterocycles. The van der Waals surface area contributed by atoms with Crippen LogP contribution in [0.1, 0.15) is 13.3 Å². The molecule has 70 valence electrons. The van der Waals surface area contributed by atoms with Crippen LogP contribution in [0.2, 0.25) is 0 Å². The van der Waals surface area contributed by atoms with Gasteiger partial charge in [-0.2, -0.15) is 0 Å².